The molecule has 8 heteroatoms. The molecule has 0 bridgehead atoms. The second-order valence-electron chi connectivity index (χ2n) is 6.76. The molecule has 3 aromatic carbocycles. The van der Waals surface area contributed by atoms with E-state index in [2.05, 4.69) is 4.99 Å². The summed E-state index contributed by atoms with van der Waals surface area (Å²) in [5.74, 6) is -0.971. The van der Waals surface area contributed by atoms with Crippen molar-refractivity contribution in [3.05, 3.63) is 112 Å². The molecule has 158 valence electrons. The standard InChI is InChI=1S/C24H17N3O4S/c28-24(29)17-3-1-4-20(15-17)26-14-2-5-21(26)16-25-18-6-10-22(11-7-18)32-23-12-8-19(9-13-23)27(30)31/h1-16H,(H,28,29). The van der Waals surface area contributed by atoms with Gasteiger partial charge in [0.05, 0.1) is 28.1 Å². The van der Waals surface area contributed by atoms with E-state index < -0.39 is 10.9 Å². The fourth-order valence-corrected chi connectivity index (χ4v) is 3.85. The highest BCUT2D eigenvalue weighted by molar-refractivity contribution is 7.99. The number of hydrogen-bond donors (Lipinski definition) is 1. The number of nitro benzene ring substituents is 1. The molecule has 1 N–H and O–H groups in total. The van der Waals surface area contributed by atoms with Crippen molar-refractivity contribution < 1.29 is 14.8 Å². The maximum atomic E-state index is 11.2. The van der Waals surface area contributed by atoms with Crippen LogP contribution >= 0.6 is 11.8 Å². The van der Waals surface area contributed by atoms with Gasteiger partial charge in [0.1, 0.15) is 0 Å². The average molecular weight is 443 g/mol. The summed E-state index contributed by atoms with van der Waals surface area (Å²) in [5.41, 5.74) is 2.62. The fraction of sp³-hybridized carbons (Fsp3) is 0. The second-order valence-corrected chi connectivity index (χ2v) is 7.91. The Morgan fingerprint density at radius 2 is 1.66 bits per heavy atom. The molecule has 0 saturated heterocycles. The van der Waals surface area contributed by atoms with Gasteiger partial charge >= 0.3 is 5.97 Å². The van der Waals surface area contributed by atoms with Crippen molar-refractivity contribution in [1.82, 2.24) is 4.57 Å². The highest BCUT2D eigenvalue weighted by Crippen LogP contribution is 2.30. The molecule has 4 rings (SSSR count). The largest absolute Gasteiger partial charge is 0.478 e. The predicted octanol–water partition coefficient (Wildman–Crippen LogP) is 5.99. The Bertz CT molecular complexity index is 1300. The van der Waals surface area contributed by atoms with E-state index in [9.17, 15) is 20.0 Å². The Kier molecular flexibility index (Phi) is 6.14. The SMILES string of the molecule is O=C(O)c1cccc(-n2cccc2C=Nc2ccc(Sc3ccc([N+](=O)[O-])cc3)cc2)c1. The first-order valence-electron chi connectivity index (χ1n) is 9.57. The summed E-state index contributed by atoms with van der Waals surface area (Å²) in [6.45, 7) is 0. The van der Waals surface area contributed by atoms with Crippen molar-refractivity contribution in [1.29, 1.82) is 0 Å². The third kappa shape index (κ3) is 4.93. The summed E-state index contributed by atoms with van der Waals surface area (Å²) in [6.07, 6.45) is 3.58. The Morgan fingerprint density at radius 1 is 0.969 bits per heavy atom. The minimum Gasteiger partial charge on any atom is -0.478 e. The number of rotatable bonds is 7. The number of hydrogen-bond acceptors (Lipinski definition) is 5. The molecule has 0 fully saturated rings. The van der Waals surface area contributed by atoms with Crippen molar-refractivity contribution in [3.8, 4) is 5.69 Å². The molecule has 0 unspecified atom stereocenters. The third-order valence-corrected chi connectivity index (χ3v) is 5.63. The first-order valence-corrected chi connectivity index (χ1v) is 10.4. The van der Waals surface area contributed by atoms with E-state index in [0.717, 1.165) is 26.9 Å². The lowest BCUT2D eigenvalue weighted by atomic mass is 10.2. The van der Waals surface area contributed by atoms with Crippen molar-refractivity contribution in [2.75, 3.05) is 0 Å². The van der Waals surface area contributed by atoms with Gasteiger partial charge in [0, 0.05) is 33.8 Å². The molecular weight excluding hydrogens is 426 g/mol. The van der Waals surface area contributed by atoms with Crippen LogP contribution in [0.25, 0.3) is 5.69 Å². The summed E-state index contributed by atoms with van der Waals surface area (Å²) in [4.78, 5) is 28.0. The second kappa shape index (κ2) is 9.32. The van der Waals surface area contributed by atoms with Crippen LogP contribution in [0.3, 0.4) is 0 Å². The zero-order valence-electron chi connectivity index (χ0n) is 16.7. The normalized spacial score (nSPS) is 11.0. The van der Waals surface area contributed by atoms with Gasteiger partial charge in [-0.25, -0.2) is 4.79 Å². The van der Waals surface area contributed by atoms with E-state index in [1.54, 1.807) is 36.5 Å². The smallest absolute Gasteiger partial charge is 0.335 e. The molecule has 0 saturated carbocycles. The van der Waals surface area contributed by atoms with Crippen LogP contribution in [0, 0.1) is 10.1 Å². The fourth-order valence-electron chi connectivity index (χ4n) is 3.04. The highest BCUT2D eigenvalue weighted by Gasteiger charge is 2.07. The van der Waals surface area contributed by atoms with Crippen LogP contribution in [0.2, 0.25) is 0 Å². The van der Waals surface area contributed by atoms with Gasteiger partial charge < -0.3 is 9.67 Å². The number of aliphatic imine (C=N–C) groups is 1. The maximum absolute atomic E-state index is 11.2. The zero-order valence-corrected chi connectivity index (χ0v) is 17.5. The summed E-state index contributed by atoms with van der Waals surface area (Å²) in [5, 5.41) is 20.0. The van der Waals surface area contributed by atoms with Crippen molar-refractivity contribution in [2.45, 2.75) is 9.79 Å². The Balaban J connectivity index is 1.47. The Labute approximate surface area is 187 Å². The average Bonchev–Trinajstić information content (AvgIpc) is 3.28. The lowest BCUT2D eigenvalue weighted by Crippen LogP contribution is -2.01. The van der Waals surface area contributed by atoms with Gasteiger partial charge in [-0.3, -0.25) is 15.1 Å². The van der Waals surface area contributed by atoms with Crippen molar-refractivity contribution in [3.63, 3.8) is 0 Å². The summed E-state index contributed by atoms with van der Waals surface area (Å²) >= 11 is 1.51. The Hall–Kier alpha value is -4.17. The van der Waals surface area contributed by atoms with Crippen LogP contribution in [-0.4, -0.2) is 26.8 Å². The molecule has 7 nitrogen and oxygen atoms in total. The Morgan fingerprint density at radius 3 is 2.31 bits per heavy atom. The van der Waals surface area contributed by atoms with Gasteiger partial charge in [-0.15, -0.1) is 0 Å². The van der Waals surface area contributed by atoms with E-state index in [-0.39, 0.29) is 11.3 Å². The van der Waals surface area contributed by atoms with Gasteiger partial charge in [-0.1, -0.05) is 17.8 Å². The van der Waals surface area contributed by atoms with Crippen LogP contribution in [0.1, 0.15) is 16.1 Å². The summed E-state index contributed by atoms with van der Waals surface area (Å²) in [7, 11) is 0. The molecule has 0 atom stereocenters. The molecule has 1 heterocycles. The van der Waals surface area contributed by atoms with Crippen LogP contribution in [0.4, 0.5) is 11.4 Å². The molecule has 4 aromatic rings. The molecule has 0 amide bonds. The number of nitro groups is 1. The quantitative estimate of drug-likeness (QED) is 0.215. The van der Waals surface area contributed by atoms with Crippen LogP contribution in [-0.2, 0) is 0 Å². The minimum atomic E-state index is -0.971. The zero-order chi connectivity index (χ0) is 22.5. The van der Waals surface area contributed by atoms with E-state index in [1.807, 2.05) is 53.2 Å². The van der Waals surface area contributed by atoms with E-state index >= 15 is 0 Å². The monoisotopic (exact) mass is 443 g/mol. The predicted molar refractivity (Wildman–Crippen MR) is 124 cm³/mol. The van der Waals surface area contributed by atoms with Crippen LogP contribution in [0.15, 0.2) is 106 Å². The summed E-state index contributed by atoms with van der Waals surface area (Å²) in [6, 6.07) is 24.6. The number of non-ortho nitro benzene ring substituents is 1. The molecule has 1 aromatic heterocycles. The number of carbonyl (C=O) groups is 1. The summed E-state index contributed by atoms with van der Waals surface area (Å²) < 4.78 is 1.87. The number of carboxylic acid groups (broad SMARTS) is 1. The maximum Gasteiger partial charge on any atom is 0.335 e. The van der Waals surface area contributed by atoms with E-state index in [1.165, 1.54) is 23.9 Å². The van der Waals surface area contributed by atoms with Gasteiger partial charge in [-0.2, -0.15) is 0 Å². The number of carboxylic acids is 1. The first-order chi connectivity index (χ1) is 15.5. The van der Waals surface area contributed by atoms with Crippen molar-refractivity contribution in [2.24, 2.45) is 4.99 Å². The van der Waals surface area contributed by atoms with E-state index in [4.69, 9.17) is 0 Å². The lowest BCUT2D eigenvalue weighted by molar-refractivity contribution is -0.384. The van der Waals surface area contributed by atoms with Crippen LogP contribution in [0.5, 0.6) is 0 Å². The number of benzene rings is 3. The highest BCUT2D eigenvalue weighted by atomic mass is 32.2. The van der Waals surface area contributed by atoms with Gasteiger partial charge in [-0.05, 0) is 66.7 Å². The molecule has 0 aliphatic heterocycles. The van der Waals surface area contributed by atoms with Crippen molar-refractivity contribution >= 4 is 35.3 Å². The topological polar surface area (TPSA) is 97.7 Å². The van der Waals surface area contributed by atoms with Gasteiger partial charge in [0.25, 0.3) is 5.69 Å². The molecule has 32 heavy (non-hydrogen) atoms. The first kappa shape index (κ1) is 21.1. The number of aromatic carboxylic acids is 1. The van der Waals surface area contributed by atoms with E-state index in [0.29, 0.717) is 0 Å². The number of aromatic nitrogens is 1. The van der Waals surface area contributed by atoms with Crippen LogP contribution < -0.4 is 0 Å². The van der Waals surface area contributed by atoms with Gasteiger partial charge in [0.15, 0.2) is 0 Å². The molecule has 0 radical (unpaired) electrons. The minimum absolute atomic E-state index is 0.0680. The molecule has 0 spiro atoms. The number of nitrogens with zero attached hydrogens (tertiary/aromatic N) is 3. The molecule has 0 aliphatic rings. The molecular formula is C24H17N3O4S. The third-order valence-electron chi connectivity index (χ3n) is 4.62. The van der Waals surface area contributed by atoms with Gasteiger partial charge in [0.2, 0.25) is 0 Å². The lowest BCUT2D eigenvalue weighted by Gasteiger charge is -2.07. The molecule has 0 aliphatic carbocycles.